The summed E-state index contributed by atoms with van der Waals surface area (Å²) in [6.45, 7) is 6.66. The fourth-order valence-electron chi connectivity index (χ4n) is 3.35. The number of rotatable bonds is 20. The number of unbranched alkanes of at least 4 members (excludes halogenated alkanes) is 14. The maximum absolute atomic E-state index is 9.92. The second-order valence-electron chi connectivity index (χ2n) is 8.25. The third kappa shape index (κ3) is 32.6. The average molecular weight is 434 g/mol. The molecule has 0 amide bonds. The Hall–Kier alpha value is -0.280. The van der Waals surface area contributed by atoms with Gasteiger partial charge in [0.05, 0.1) is 0 Å². The van der Waals surface area contributed by atoms with E-state index in [4.69, 9.17) is 17.3 Å². The molecule has 176 valence electrons. The quantitative estimate of drug-likeness (QED) is 0.120. The summed E-state index contributed by atoms with van der Waals surface area (Å²) in [5.74, 6) is -0.273. The van der Waals surface area contributed by atoms with Gasteiger partial charge in [-0.25, -0.2) is 0 Å². The van der Waals surface area contributed by atoms with Crippen LogP contribution in [0.5, 0.6) is 0 Å². The lowest BCUT2D eigenvalue weighted by Crippen LogP contribution is -2.10. The first kappa shape index (κ1) is 30.9. The molecule has 0 bridgehead atoms. The molecule has 0 fully saturated rings. The van der Waals surface area contributed by atoms with Crippen molar-refractivity contribution in [3.8, 4) is 0 Å². The van der Waals surface area contributed by atoms with E-state index in [9.17, 15) is 4.79 Å². The molecular weight excluding hydrogens is 382 g/mol. The Kier molecular flexibility index (Phi) is 29.5. The summed E-state index contributed by atoms with van der Waals surface area (Å²) in [4.78, 5) is 9.92. The van der Waals surface area contributed by atoms with Crippen LogP contribution in [0.15, 0.2) is 0 Å². The third-order valence-corrected chi connectivity index (χ3v) is 5.60. The second kappa shape index (κ2) is 27.7. The molecule has 0 aliphatic carbocycles. The lowest BCUT2D eigenvalue weighted by atomic mass is 10.0. The standard InChI is InChI=1S/C21H43Cl.C4H9NO2/c1-3-5-7-9-11-13-15-17-19-21(22)20-18-16-14-12-10-8-6-4-2;1-4(6)7-3-2-5/h21H,3-20H2,1-2H3;2-3,5H2,1H3. The van der Waals surface area contributed by atoms with E-state index in [0.29, 0.717) is 18.5 Å². The van der Waals surface area contributed by atoms with E-state index in [2.05, 4.69) is 18.6 Å². The van der Waals surface area contributed by atoms with Crippen LogP contribution in [-0.4, -0.2) is 24.5 Å². The molecule has 29 heavy (non-hydrogen) atoms. The van der Waals surface area contributed by atoms with Crippen LogP contribution in [0.25, 0.3) is 0 Å². The molecule has 2 N–H and O–H groups in total. The van der Waals surface area contributed by atoms with Crippen molar-refractivity contribution in [2.45, 2.75) is 142 Å². The molecule has 0 aliphatic rings. The molecule has 0 radical (unpaired) electrons. The highest BCUT2D eigenvalue weighted by molar-refractivity contribution is 6.20. The first-order valence-electron chi connectivity index (χ1n) is 12.6. The van der Waals surface area contributed by atoms with Gasteiger partial charge in [-0.05, 0) is 12.8 Å². The first-order valence-corrected chi connectivity index (χ1v) is 13.0. The number of hydrogen-bond acceptors (Lipinski definition) is 3. The molecule has 0 atom stereocenters. The molecular formula is C25H52ClNO2. The summed E-state index contributed by atoms with van der Waals surface area (Å²) >= 11 is 6.44. The predicted molar refractivity (Wildman–Crippen MR) is 130 cm³/mol. The summed E-state index contributed by atoms with van der Waals surface area (Å²) in [7, 11) is 0. The minimum absolute atomic E-state index is 0.273. The third-order valence-electron chi connectivity index (χ3n) is 5.16. The fraction of sp³-hybridized carbons (Fsp3) is 0.960. The van der Waals surface area contributed by atoms with Gasteiger partial charge in [-0.1, -0.05) is 117 Å². The highest BCUT2D eigenvalue weighted by Gasteiger charge is 2.04. The SMILES string of the molecule is CC(=O)OCCN.CCCCCCCCCCC(Cl)CCCCCCCCCC. The predicted octanol–water partition coefficient (Wildman–Crippen LogP) is 8.16. The number of alkyl halides is 1. The van der Waals surface area contributed by atoms with Crippen LogP contribution in [0.4, 0.5) is 0 Å². The van der Waals surface area contributed by atoms with Crippen LogP contribution in [0.1, 0.15) is 136 Å². The molecule has 0 heterocycles. The van der Waals surface area contributed by atoms with E-state index >= 15 is 0 Å². The summed E-state index contributed by atoms with van der Waals surface area (Å²) < 4.78 is 4.43. The number of hydrogen-bond donors (Lipinski definition) is 1. The highest BCUT2D eigenvalue weighted by Crippen LogP contribution is 2.18. The Labute approximate surface area is 187 Å². The Morgan fingerprint density at radius 1 is 0.724 bits per heavy atom. The molecule has 0 rings (SSSR count). The van der Waals surface area contributed by atoms with E-state index in [1.807, 2.05) is 0 Å². The molecule has 3 nitrogen and oxygen atoms in total. The van der Waals surface area contributed by atoms with Crippen LogP contribution in [-0.2, 0) is 9.53 Å². The summed E-state index contributed by atoms with van der Waals surface area (Å²) in [6.07, 6.45) is 25.0. The lowest BCUT2D eigenvalue weighted by Gasteiger charge is -2.09. The number of esters is 1. The summed E-state index contributed by atoms with van der Waals surface area (Å²) in [6, 6.07) is 0. The average Bonchev–Trinajstić information content (AvgIpc) is 2.71. The molecule has 0 aliphatic heterocycles. The molecule has 0 aromatic heterocycles. The van der Waals surface area contributed by atoms with Gasteiger partial charge < -0.3 is 10.5 Å². The zero-order chi connectivity index (χ0) is 22.0. The smallest absolute Gasteiger partial charge is 0.302 e. The molecule has 0 spiro atoms. The fourth-order valence-corrected chi connectivity index (χ4v) is 3.66. The van der Waals surface area contributed by atoms with Crippen LogP contribution in [0, 0.1) is 0 Å². The van der Waals surface area contributed by atoms with E-state index < -0.39 is 0 Å². The molecule has 0 saturated heterocycles. The highest BCUT2D eigenvalue weighted by atomic mass is 35.5. The van der Waals surface area contributed by atoms with Crippen molar-refractivity contribution >= 4 is 17.6 Å². The van der Waals surface area contributed by atoms with Crippen molar-refractivity contribution in [3.05, 3.63) is 0 Å². The van der Waals surface area contributed by atoms with Gasteiger partial charge in [0.15, 0.2) is 0 Å². The maximum Gasteiger partial charge on any atom is 0.302 e. The number of nitrogens with two attached hydrogens (primary N) is 1. The van der Waals surface area contributed by atoms with Crippen molar-refractivity contribution in [1.29, 1.82) is 0 Å². The number of ether oxygens (including phenoxy) is 1. The van der Waals surface area contributed by atoms with Crippen molar-refractivity contribution in [1.82, 2.24) is 0 Å². The molecule has 0 saturated carbocycles. The Morgan fingerprint density at radius 3 is 1.34 bits per heavy atom. The Balaban J connectivity index is 0. The van der Waals surface area contributed by atoms with Crippen LogP contribution in [0.3, 0.4) is 0 Å². The van der Waals surface area contributed by atoms with Gasteiger partial charge in [0.25, 0.3) is 0 Å². The molecule has 0 unspecified atom stereocenters. The number of carbonyl (C=O) groups excluding carboxylic acids is 1. The normalized spacial score (nSPS) is 10.7. The Bertz CT molecular complexity index is 293. The minimum Gasteiger partial charge on any atom is -0.465 e. The van der Waals surface area contributed by atoms with Crippen molar-refractivity contribution in [2.75, 3.05) is 13.2 Å². The van der Waals surface area contributed by atoms with Gasteiger partial charge in [-0.15, -0.1) is 11.6 Å². The Morgan fingerprint density at radius 2 is 1.07 bits per heavy atom. The van der Waals surface area contributed by atoms with Crippen LogP contribution >= 0.6 is 11.6 Å². The second-order valence-corrected chi connectivity index (χ2v) is 8.87. The van der Waals surface area contributed by atoms with E-state index in [0.717, 1.165) is 0 Å². The number of halogens is 1. The van der Waals surface area contributed by atoms with Gasteiger partial charge >= 0.3 is 5.97 Å². The summed E-state index contributed by atoms with van der Waals surface area (Å²) in [5, 5.41) is 0.445. The monoisotopic (exact) mass is 433 g/mol. The van der Waals surface area contributed by atoms with Crippen molar-refractivity contribution in [3.63, 3.8) is 0 Å². The largest absolute Gasteiger partial charge is 0.465 e. The molecule has 0 aromatic carbocycles. The van der Waals surface area contributed by atoms with Gasteiger partial charge in [-0.3, -0.25) is 4.79 Å². The first-order chi connectivity index (χ1) is 14.1. The van der Waals surface area contributed by atoms with Crippen LogP contribution in [0.2, 0.25) is 0 Å². The lowest BCUT2D eigenvalue weighted by molar-refractivity contribution is -0.140. The molecule has 4 heteroatoms. The van der Waals surface area contributed by atoms with E-state index in [1.165, 1.54) is 122 Å². The van der Waals surface area contributed by atoms with Gasteiger partial charge in [0, 0.05) is 18.8 Å². The molecule has 0 aromatic rings. The van der Waals surface area contributed by atoms with Crippen LogP contribution < -0.4 is 5.73 Å². The van der Waals surface area contributed by atoms with E-state index in [1.54, 1.807) is 0 Å². The summed E-state index contributed by atoms with van der Waals surface area (Å²) in [5.41, 5.74) is 5.00. The number of carbonyl (C=O) groups is 1. The zero-order valence-corrected chi connectivity index (χ0v) is 20.7. The van der Waals surface area contributed by atoms with E-state index in [-0.39, 0.29) is 5.97 Å². The van der Waals surface area contributed by atoms with Crippen molar-refractivity contribution < 1.29 is 9.53 Å². The maximum atomic E-state index is 9.92. The van der Waals surface area contributed by atoms with Gasteiger partial charge in [0.1, 0.15) is 6.61 Å². The van der Waals surface area contributed by atoms with Crippen molar-refractivity contribution in [2.24, 2.45) is 5.73 Å². The van der Waals surface area contributed by atoms with Gasteiger partial charge in [0.2, 0.25) is 0 Å². The van der Waals surface area contributed by atoms with Gasteiger partial charge in [-0.2, -0.15) is 0 Å². The zero-order valence-electron chi connectivity index (χ0n) is 20.0. The topological polar surface area (TPSA) is 52.3 Å². The minimum atomic E-state index is -0.273.